The summed E-state index contributed by atoms with van der Waals surface area (Å²) in [5, 5.41) is 15.6. The summed E-state index contributed by atoms with van der Waals surface area (Å²) >= 11 is 0. The van der Waals surface area contributed by atoms with Gasteiger partial charge in [-0.05, 0) is 12.1 Å². The van der Waals surface area contributed by atoms with Crippen molar-refractivity contribution in [2.75, 3.05) is 7.11 Å². The third kappa shape index (κ3) is 2.84. The van der Waals surface area contributed by atoms with Crippen LogP contribution in [0, 0.1) is 11.3 Å². The first-order chi connectivity index (χ1) is 8.83. The highest BCUT2D eigenvalue weighted by Crippen LogP contribution is 2.17. The Kier molecular flexibility index (Phi) is 3.89. The maximum absolute atomic E-state index is 8.91. The molecular weight excluding hydrogens is 232 g/mol. The summed E-state index contributed by atoms with van der Waals surface area (Å²) in [6.45, 7) is 0.584. The van der Waals surface area contributed by atoms with Crippen LogP contribution < -0.4 is 4.74 Å². The van der Waals surface area contributed by atoms with Crippen molar-refractivity contribution in [3.05, 3.63) is 41.5 Å². The van der Waals surface area contributed by atoms with E-state index in [4.69, 9.17) is 14.7 Å². The number of para-hydroxylation sites is 1. The molecule has 1 aromatic carbocycles. The summed E-state index contributed by atoms with van der Waals surface area (Å²) in [7, 11) is 1.58. The van der Waals surface area contributed by atoms with Gasteiger partial charge in [0.25, 0.3) is 0 Å². The molecule has 0 aliphatic carbocycles. The lowest BCUT2D eigenvalue weighted by Gasteiger charge is -2.04. The van der Waals surface area contributed by atoms with Gasteiger partial charge in [-0.3, -0.25) is 5.10 Å². The number of aromatic nitrogens is 3. The lowest BCUT2D eigenvalue weighted by Crippen LogP contribution is -1.99. The number of rotatable bonds is 5. The molecule has 6 nitrogen and oxygen atoms in total. The Morgan fingerprint density at radius 2 is 2.17 bits per heavy atom. The van der Waals surface area contributed by atoms with Crippen LogP contribution in [0.4, 0.5) is 0 Å². The number of hydrogen-bond acceptors (Lipinski definition) is 5. The molecule has 1 N–H and O–H groups in total. The van der Waals surface area contributed by atoms with E-state index in [9.17, 15) is 0 Å². The smallest absolute Gasteiger partial charge is 0.176 e. The highest BCUT2D eigenvalue weighted by atomic mass is 16.5. The predicted molar refractivity (Wildman–Crippen MR) is 62.6 cm³/mol. The fraction of sp³-hybridized carbons (Fsp3) is 0.250. The van der Waals surface area contributed by atoms with Gasteiger partial charge in [0.1, 0.15) is 25.0 Å². The molecule has 0 aliphatic rings. The van der Waals surface area contributed by atoms with Crippen LogP contribution in [0.5, 0.6) is 5.75 Å². The third-order valence-corrected chi connectivity index (χ3v) is 2.22. The fourth-order valence-corrected chi connectivity index (χ4v) is 1.42. The molecule has 0 fully saturated rings. The molecule has 1 aromatic heterocycles. The Hall–Kier alpha value is -2.39. The molecule has 0 spiro atoms. The Morgan fingerprint density at radius 1 is 1.33 bits per heavy atom. The number of nitrogens with zero attached hydrogens (tertiary/aromatic N) is 3. The van der Waals surface area contributed by atoms with E-state index in [0.29, 0.717) is 29.6 Å². The van der Waals surface area contributed by atoms with Crippen molar-refractivity contribution in [1.29, 1.82) is 5.26 Å². The van der Waals surface area contributed by atoms with E-state index in [-0.39, 0.29) is 6.61 Å². The van der Waals surface area contributed by atoms with Crippen LogP contribution in [0.2, 0.25) is 0 Å². The normalized spacial score (nSPS) is 10.0. The highest BCUT2D eigenvalue weighted by Gasteiger charge is 2.05. The van der Waals surface area contributed by atoms with Gasteiger partial charge in [-0.15, -0.1) is 0 Å². The zero-order chi connectivity index (χ0) is 12.8. The summed E-state index contributed by atoms with van der Waals surface area (Å²) in [6.07, 6.45) is 0. The fourth-order valence-electron chi connectivity index (χ4n) is 1.42. The second-order valence-electron chi connectivity index (χ2n) is 3.53. The van der Waals surface area contributed by atoms with Crippen molar-refractivity contribution in [2.45, 2.75) is 13.2 Å². The topological polar surface area (TPSA) is 83.8 Å². The Labute approximate surface area is 104 Å². The van der Waals surface area contributed by atoms with E-state index in [0.717, 1.165) is 0 Å². The number of methoxy groups -OCH3 is 1. The zero-order valence-electron chi connectivity index (χ0n) is 9.88. The van der Waals surface area contributed by atoms with Gasteiger partial charge in [0.15, 0.2) is 11.6 Å². The van der Waals surface area contributed by atoms with Crippen molar-refractivity contribution in [2.24, 2.45) is 0 Å². The van der Waals surface area contributed by atoms with Gasteiger partial charge in [-0.2, -0.15) is 10.4 Å². The molecule has 0 unspecified atom stereocenters. The van der Waals surface area contributed by atoms with Gasteiger partial charge in [-0.25, -0.2) is 4.98 Å². The number of hydrogen-bond donors (Lipinski definition) is 1. The SMILES string of the molecule is COCc1n[nH]c(COc2ccccc2C#N)n1. The van der Waals surface area contributed by atoms with E-state index < -0.39 is 0 Å². The summed E-state index contributed by atoms with van der Waals surface area (Å²) in [5.41, 5.74) is 0.495. The van der Waals surface area contributed by atoms with Crippen molar-refractivity contribution >= 4 is 0 Å². The summed E-state index contributed by atoms with van der Waals surface area (Å²) in [5.74, 6) is 1.70. The van der Waals surface area contributed by atoms with Crippen LogP contribution in [-0.2, 0) is 18.0 Å². The van der Waals surface area contributed by atoms with Crippen LogP contribution in [0.3, 0.4) is 0 Å². The van der Waals surface area contributed by atoms with E-state index >= 15 is 0 Å². The van der Waals surface area contributed by atoms with Crippen LogP contribution in [0.25, 0.3) is 0 Å². The quantitative estimate of drug-likeness (QED) is 0.859. The average Bonchev–Trinajstić information content (AvgIpc) is 2.85. The number of benzene rings is 1. The largest absolute Gasteiger partial charge is 0.484 e. The molecule has 0 aliphatic heterocycles. The minimum Gasteiger partial charge on any atom is -0.484 e. The number of H-pyrrole nitrogens is 1. The van der Waals surface area contributed by atoms with E-state index in [1.54, 1.807) is 25.3 Å². The highest BCUT2D eigenvalue weighted by molar-refractivity contribution is 5.42. The number of nitriles is 1. The molecule has 2 rings (SSSR count). The molecule has 1 heterocycles. The Balaban J connectivity index is 2.00. The predicted octanol–water partition coefficient (Wildman–Crippen LogP) is 1.40. The molecule has 0 atom stereocenters. The van der Waals surface area contributed by atoms with Crippen molar-refractivity contribution in [3.63, 3.8) is 0 Å². The summed E-state index contributed by atoms with van der Waals surface area (Å²) in [6, 6.07) is 9.11. The first-order valence-electron chi connectivity index (χ1n) is 5.34. The summed E-state index contributed by atoms with van der Waals surface area (Å²) in [4.78, 5) is 4.17. The molecule has 0 saturated carbocycles. The molecule has 0 saturated heterocycles. The van der Waals surface area contributed by atoms with Gasteiger partial charge in [0.2, 0.25) is 0 Å². The minimum absolute atomic E-state index is 0.232. The van der Waals surface area contributed by atoms with Gasteiger partial charge in [0, 0.05) is 7.11 Å². The van der Waals surface area contributed by atoms with Crippen LogP contribution in [0.1, 0.15) is 17.2 Å². The number of nitrogens with one attached hydrogen (secondary N) is 1. The molecular formula is C12H12N4O2. The van der Waals surface area contributed by atoms with Gasteiger partial charge < -0.3 is 9.47 Å². The molecule has 18 heavy (non-hydrogen) atoms. The zero-order valence-corrected chi connectivity index (χ0v) is 9.88. The number of ether oxygens (including phenoxy) is 2. The second-order valence-corrected chi connectivity index (χ2v) is 3.53. The molecule has 0 bridgehead atoms. The van der Waals surface area contributed by atoms with Crippen molar-refractivity contribution < 1.29 is 9.47 Å². The van der Waals surface area contributed by atoms with Gasteiger partial charge >= 0.3 is 0 Å². The maximum Gasteiger partial charge on any atom is 0.176 e. The Bertz CT molecular complexity index is 559. The molecule has 0 radical (unpaired) electrons. The van der Waals surface area contributed by atoms with Crippen LogP contribution in [-0.4, -0.2) is 22.3 Å². The van der Waals surface area contributed by atoms with E-state index in [1.807, 2.05) is 6.07 Å². The lowest BCUT2D eigenvalue weighted by atomic mass is 10.2. The average molecular weight is 244 g/mol. The van der Waals surface area contributed by atoms with Crippen LogP contribution >= 0.6 is 0 Å². The number of aromatic amines is 1. The van der Waals surface area contributed by atoms with Crippen LogP contribution in [0.15, 0.2) is 24.3 Å². The van der Waals surface area contributed by atoms with E-state index in [1.165, 1.54) is 0 Å². The minimum atomic E-state index is 0.232. The lowest BCUT2D eigenvalue weighted by molar-refractivity contribution is 0.178. The monoisotopic (exact) mass is 244 g/mol. The van der Waals surface area contributed by atoms with Gasteiger partial charge in [-0.1, -0.05) is 12.1 Å². The molecule has 92 valence electrons. The van der Waals surface area contributed by atoms with Crippen molar-refractivity contribution in [1.82, 2.24) is 15.2 Å². The van der Waals surface area contributed by atoms with Crippen molar-refractivity contribution in [3.8, 4) is 11.8 Å². The van der Waals surface area contributed by atoms with E-state index in [2.05, 4.69) is 21.3 Å². The van der Waals surface area contributed by atoms with Gasteiger partial charge in [0.05, 0.1) is 5.56 Å². The first-order valence-corrected chi connectivity index (χ1v) is 5.34. The molecule has 2 aromatic rings. The summed E-state index contributed by atoms with van der Waals surface area (Å²) < 4.78 is 10.4. The first kappa shape index (κ1) is 12.1. The molecule has 6 heteroatoms. The third-order valence-electron chi connectivity index (χ3n) is 2.22. The second kappa shape index (κ2) is 5.80. The Morgan fingerprint density at radius 3 is 2.94 bits per heavy atom. The standard InChI is InChI=1S/C12H12N4O2/c1-17-7-11-14-12(16-15-11)8-18-10-5-3-2-4-9(10)6-13/h2-5H,7-8H2,1H3,(H,14,15,16). The molecule has 0 amide bonds. The maximum atomic E-state index is 8.91.